The second-order valence-electron chi connectivity index (χ2n) is 5.19. The van der Waals surface area contributed by atoms with E-state index in [1.807, 2.05) is 0 Å². The van der Waals surface area contributed by atoms with Gasteiger partial charge in [0.2, 0.25) is 0 Å². The number of halogens is 3. The Bertz CT molecular complexity index is 417. The molecule has 25 heavy (non-hydrogen) atoms. The molecule has 2 saturated carbocycles. The van der Waals surface area contributed by atoms with E-state index in [-0.39, 0.29) is 54.3 Å². The predicted octanol–water partition coefficient (Wildman–Crippen LogP) is 3.92. The number of carboxylic acid groups (broad SMARTS) is 1. The van der Waals surface area contributed by atoms with Gasteiger partial charge >= 0.3 is 89.7 Å². The fraction of sp³-hybridized carbons (Fsp3) is 0.875. The molecule has 0 radical (unpaired) electrons. The molecule has 2 fully saturated rings. The molecule has 4 nitrogen and oxygen atoms in total. The minimum Gasteiger partial charge on any atom is -0.870 e. The van der Waals surface area contributed by atoms with Gasteiger partial charge in [-0.3, -0.25) is 9.59 Å². The SMILES string of the molecule is C.[2H]C1([2H])CCC(C(=O)O)CC1.[2H]C1([2H])CCC(C(C)=O)CC1.[I][V]([I])[I].[Li+].[OH-]. The van der Waals surface area contributed by atoms with Gasteiger partial charge in [-0.25, -0.2) is 0 Å². The summed E-state index contributed by atoms with van der Waals surface area (Å²) in [6, 6.07) is 0. The molecule has 2 aliphatic carbocycles. The van der Waals surface area contributed by atoms with Gasteiger partial charge in [-0.15, -0.1) is 0 Å². The zero-order valence-electron chi connectivity index (χ0n) is 18.1. The van der Waals surface area contributed by atoms with Gasteiger partial charge in [0.1, 0.15) is 5.78 Å². The molecule has 2 N–H and O–H groups in total. The molecule has 0 heterocycles. The second kappa shape index (κ2) is 22.8. The Kier molecular flexibility index (Phi) is 23.2. The van der Waals surface area contributed by atoms with Crippen LogP contribution in [0.2, 0.25) is 0 Å². The summed E-state index contributed by atoms with van der Waals surface area (Å²) < 4.78 is 29.5. The van der Waals surface area contributed by atoms with Crippen molar-refractivity contribution in [2.45, 2.75) is 78.5 Å². The van der Waals surface area contributed by atoms with Gasteiger partial charge in [0.25, 0.3) is 0 Å². The number of carbonyl (C=O) groups is 2. The van der Waals surface area contributed by atoms with Crippen LogP contribution < -0.4 is 18.9 Å². The summed E-state index contributed by atoms with van der Waals surface area (Å²) in [4.78, 5) is 21.1. The number of rotatable bonds is 2. The van der Waals surface area contributed by atoms with Gasteiger partial charge in [0, 0.05) is 11.4 Å². The smallest absolute Gasteiger partial charge is 0.870 e. The van der Waals surface area contributed by atoms with Crippen molar-refractivity contribution in [2.75, 3.05) is 0 Å². The molecular weight excluding hydrogens is 695 g/mol. The van der Waals surface area contributed by atoms with Crippen molar-refractivity contribution in [1.29, 1.82) is 0 Å². The first-order valence-electron chi connectivity index (χ1n) is 9.26. The molecular formula is C16H31I3LiO4V. The van der Waals surface area contributed by atoms with Crippen molar-refractivity contribution in [3.8, 4) is 0 Å². The molecule has 0 atom stereocenters. The first-order chi connectivity index (χ1) is 11.8. The molecule has 0 saturated heterocycles. The molecule has 0 aromatic carbocycles. The van der Waals surface area contributed by atoms with E-state index in [9.17, 15) is 9.59 Å². The summed E-state index contributed by atoms with van der Waals surface area (Å²) in [6.45, 7) is 1.60. The van der Waals surface area contributed by atoms with E-state index in [4.69, 9.17) is 10.6 Å². The summed E-state index contributed by atoms with van der Waals surface area (Å²) in [7, 11) is 0. The average Bonchev–Trinajstić information content (AvgIpc) is 2.46. The molecule has 146 valence electrons. The van der Waals surface area contributed by atoms with Crippen LogP contribution in [0.5, 0.6) is 0 Å². The van der Waals surface area contributed by atoms with Gasteiger partial charge in [0.15, 0.2) is 0 Å². The minimum absolute atomic E-state index is 0. The molecule has 0 aromatic rings. The van der Waals surface area contributed by atoms with Crippen molar-refractivity contribution in [1.82, 2.24) is 0 Å². The van der Waals surface area contributed by atoms with Gasteiger partial charge < -0.3 is 10.6 Å². The molecule has 2 rings (SSSR count). The van der Waals surface area contributed by atoms with Crippen LogP contribution in [-0.2, 0) is 14.5 Å². The van der Waals surface area contributed by atoms with Crippen molar-refractivity contribution < 1.29 is 49.4 Å². The minimum atomic E-state index is -1.12. The molecule has 0 unspecified atom stereocenters. The molecule has 0 amide bonds. The van der Waals surface area contributed by atoms with Crippen molar-refractivity contribution >= 4 is 71.7 Å². The van der Waals surface area contributed by atoms with E-state index < -0.39 is 18.7 Å². The largest absolute Gasteiger partial charge is 1.00 e. The van der Waals surface area contributed by atoms with Crippen molar-refractivity contribution in [3.63, 3.8) is 0 Å². The van der Waals surface area contributed by atoms with E-state index >= 15 is 0 Å². The van der Waals surface area contributed by atoms with Gasteiger partial charge in [-0.2, -0.15) is 0 Å². The van der Waals surface area contributed by atoms with Crippen LogP contribution in [0.15, 0.2) is 0 Å². The topological polar surface area (TPSA) is 84.4 Å². The second-order valence-corrected chi connectivity index (χ2v) is 40.6. The van der Waals surface area contributed by atoms with Crippen LogP contribution in [0.1, 0.15) is 83.9 Å². The Balaban J connectivity index is -0.000000168. The third kappa shape index (κ3) is 22.6. The summed E-state index contributed by atoms with van der Waals surface area (Å²) >= 11 is 7.39. The zero-order chi connectivity index (χ0) is 20.5. The van der Waals surface area contributed by atoms with Gasteiger partial charge in [0.05, 0.1) is 5.92 Å². The Morgan fingerprint density at radius 3 is 1.48 bits per heavy atom. The number of carboxylic acids is 1. The van der Waals surface area contributed by atoms with Crippen molar-refractivity contribution in [3.05, 3.63) is 0 Å². The average molecular weight is 730 g/mol. The number of hydrogen-bond donors (Lipinski definition) is 1. The maximum absolute atomic E-state index is 10.9. The molecule has 0 aromatic heterocycles. The number of carbonyl (C=O) groups excluding carboxylic acids is 1. The Labute approximate surface area is 209 Å². The van der Waals surface area contributed by atoms with Crippen LogP contribution >= 0.6 is 59.9 Å². The van der Waals surface area contributed by atoms with E-state index in [0.29, 0.717) is 38.5 Å². The third-order valence-electron chi connectivity index (χ3n) is 3.60. The molecule has 0 spiro atoms. The van der Waals surface area contributed by atoms with Crippen LogP contribution in [0, 0.1) is 11.8 Å². The maximum atomic E-state index is 10.9. The van der Waals surface area contributed by atoms with Crippen LogP contribution in [0.4, 0.5) is 0 Å². The standard InChI is InChI=1S/C8H14O.C7H12O2.CH4.3HI.Li.H2O.V/c1-7(9)8-5-3-2-4-6-8;8-7(9)6-4-2-1-3-5-6;;;;;;;/h8H,2-6H2,1H3;6H,1-5H2,(H,8,9);1H4;3*1H;;1H2;/q;;;;;;+1;;+3/p-4/i2D2;1D2;;;;;;;. The Hall–Kier alpha value is 2.47. The number of aliphatic carboxylic acids is 1. The number of ketones is 1. The molecule has 9 heteroatoms. The maximum Gasteiger partial charge on any atom is 1.00 e. The summed E-state index contributed by atoms with van der Waals surface area (Å²) in [5, 5.41) is 8.59. The fourth-order valence-electron chi connectivity index (χ4n) is 2.30. The summed E-state index contributed by atoms with van der Waals surface area (Å²) in [5.74, 6) is -0.723. The van der Waals surface area contributed by atoms with Crippen LogP contribution in [-0.4, -0.2) is 22.3 Å². The van der Waals surface area contributed by atoms with E-state index in [2.05, 4.69) is 59.9 Å². The van der Waals surface area contributed by atoms with E-state index in [1.54, 1.807) is 6.92 Å². The van der Waals surface area contributed by atoms with E-state index in [1.165, 1.54) is 0 Å². The Morgan fingerprint density at radius 2 is 1.24 bits per heavy atom. The zero-order valence-corrected chi connectivity index (χ0v) is 22.0. The van der Waals surface area contributed by atoms with Crippen LogP contribution in [0.3, 0.4) is 0 Å². The summed E-state index contributed by atoms with van der Waals surface area (Å²) in [6.07, 6.45) is 2.22. The molecule has 0 aliphatic heterocycles. The molecule has 2 aliphatic rings. The third-order valence-corrected chi connectivity index (χ3v) is 3.60. The quantitative estimate of drug-likeness (QED) is 0.345. The van der Waals surface area contributed by atoms with Crippen LogP contribution in [0.25, 0.3) is 0 Å². The monoisotopic (exact) mass is 730 g/mol. The molecule has 0 bridgehead atoms. The Morgan fingerprint density at radius 1 is 0.960 bits per heavy atom. The first-order valence-corrected chi connectivity index (χ1v) is 20.8. The van der Waals surface area contributed by atoms with Gasteiger partial charge in [-0.05, 0) is 32.6 Å². The number of hydrogen-bond acceptors (Lipinski definition) is 3. The predicted molar refractivity (Wildman–Crippen MR) is 122 cm³/mol. The first kappa shape index (κ1) is 25.5. The van der Waals surface area contributed by atoms with Crippen molar-refractivity contribution in [2.24, 2.45) is 11.8 Å². The summed E-state index contributed by atoms with van der Waals surface area (Å²) in [5.41, 5.74) is 0. The normalized spacial score (nSPS) is 23.6. The fourth-order valence-corrected chi connectivity index (χ4v) is 2.30. The number of Topliss-reactive ketones (excluding diaryl/α,β-unsaturated/α-hetero) is 1. The van der Waals surface area contributed by atoms with E-state index in [0.717, 1.165) is 12.8 Å². The van der Waals surface area contributed by atoms with Gasteiger partial charge in [-0.1, -0.05) is 45.9 Å².